The molecule has 76 valence electrons. The van der Waals surface area contributed by atoms with Crippen LogP contribution in [0.2, 0.25) is 0 Å². The fourth-order valence-electron chi connectivity index (χ4n) is 1.91. The SMILES string of the molecule is CCNC(Cc1ccccn1)C1CC1. The van der Waals surface area contributed by atoms with Gasteiger partial charge in [0.25, 0.3) is 0 Å². The van der Waals surface area contributed by atoms with E-state index in [4.69, 9.17) is 0 Å². The Bertz CT molecular complexity index is 267. The molecule has 0 amide bonds. The Morgan fingerprint density at radius 2 is 2.36 bits per heavy atom. The number of nitrogens with zero attached hydrogens (tertiary/aromatic N) is 1. The molecular weight excluding hydrogens is 172 g/mol. The van der Waals surface area contributed by atoms with Gasteiger partial charge in [0.2, 0.25) is 0 Å². The molecule has 1 heterocycles. The molecule has 0 aromatic carbocycles. The highest BCUT2D eigenvalue weighted by molar-refractivity contribution is 5.06. The van der Waals surface area contributed by atoms with Crippen LogP contribution in [-0.2, 0) is 6.42 Å². The number of hydrogen-bond donors (Lipinski definition) is 1. The van der Waals surface area contributed by atoms with E-state index in [0.717, 1.165) is 18.9 Å². The van der Waals surface area contributed by atoms with Crippen molar-refractivity contribution in [3.05, 3.63) is 30.1 Å². The van der Waals surface area contributed by atoms with Crippen molar-refractivity contribution in [2.45, 2.75) is 32.2 Å². The maximum absolute atomic E-state index is 4.37. The summed E-state index contributed by atoms with van der Waals surface area (Å²) in [7, 11) is 0. The van der Waals surface area contributed by atoms with Gasteiger partial charge in [0.15, 0.2) is 0 Å². The summed E-state index contributed by atoms with van der Waals surface area (Å²) in [5.41, 5.74) is 1.21. The van der Waals surface area contributed by atoms with Crippen molar-refractivity contribution < 1.29 is 0 Å². The lowest BCUT2D eigenvalue weighted by molar-refractivity contribution is 0.468. The third-order valence-electron chi connectivity index (χ3n) is 2.81. The van der Waals surface area contributed by atoms with Gasteiger partial charge >= 0.3 is 0 Å². The monoisotopic (exact) mass is 190 g/mol. The van der Waals surface area contributed by atoms with Crippen LogP contribution in [0.5, 0.6) is 0 Å². The Morgan fingerprint density at radius 1 is 1.50 bits per heavy atom. The van der Waals surface area contributed by atoms with E-state index in [1.165, 1.54) is 18.5 Å². The van der Waals surface area contributed by atoms with E-state index in [1.54, 1.807) is 0 Å². The van der Waals surface area contributed by atoms with Gasteiger partial charge < -0.3 is 5.32 Å². The van der Waals surface area contributed by atoms with E-state index in [-0.39, 0.29) is 0 Å². The van der Waals surface area contributed by atoms with Crippen LogP contribution in [0.15, 0.2) is 24.4 Å². The average Bonchev–Trinajstić information content (AvgIpc) is 3.02. The van der Waals surface area contributed by atoms with Crippen molar-refractivity contribution in [1.29, 1.82) is 0 Å². The minimum Gasteiger partial charge on any atom is -0.314 e. The van der Waals surface area contributed by atoms with Gasteiger partial charge in [0.1, 0.15) is 0 Å². The van der Waals surface area contributed by atoms with Gasteiger partial charge in [-0.25, -0.2) is 0 Å². The molecule has 14 heavy (non-hydrogen) atoms. The Morgan fingerprint density at radius 3 is 2.93 bits per heavy atom. The summed E-state index contributed by atoms with van der Waals surface area (Å²) < 4.78 is 0. The highest BCUT2D eigenvalue weighted by Crippen LogP contribution is 2.33. The molecular formula is C12H18N2. The number of pyridine rings is 1. The van der Waals surface area contributed by atoms with Gasteiger partial charge in [-0.15, -0.1) is 0 Å². The Kier molecular flexibility index (Phi) is 3.14. The number of hydrogen-bond acceptors (Lipinski definition) is 2. The molecule has 0 saturated heterocycles. The van der Waals surface area contributed by atoms with E-state index >= 15 is 0 Å². The summed E-state index contributed by atoms with van der Waals surface area (Å²) in [6, 6.07) is 6.81. The van der Waals surface area contributed by atoms with Crippen molar-refractivity contribution in [3.63, 3.8) is 0 Å². The Labute approximate surface area is 85.7 Å². The van der Waals surface area contributed by atoms with Crippen LogP contribution in [0.25, 0.3) is 0 Å². The fourth-order valence-corrected chi connectivity index (χ4v) is 1.91. The summed E-state index contributed by atoms with van der Waals surface area (Å²) in [5.74, 6) is 0.900. The summed E-state index contributed by atoms with van der Waals surface area (Å²) in [5, 5.41) is 3.55. The topological polar surface area (TPSA) is 24.9 Å². The van der Waals surface area contributed by atoms with Gasteiger partial charge in [-0.3, -0.25) is 4.98 Å². The average molecular weight is 190 g/mol. The van der Waals surface area contributed by atoms with Gasteiger partial charge in [0, 0.05) is 24.4 Å². The zero-order valence-corrected chi connectivity index (χ0v) is 8.74. The molecule has 0 bridgehead atoms. The molecule has 1 aliphatic carbocycles. The molecule has 1 aliphatic rings. The Hall–Kier alpha value is -0.890. The van der Waals surface area contributed by atoms with Gasteiger partial charge in [0.05, 0.1) is 0 Å². The first kappa shape index (κ1) is 9.66. The highest BCUT2D eigenvalue weighted by atomic mass is 14.9. The maximum atomic E-state index is 4.37. The molecule has 2 nitrogen and oxygen atoms in total. The molecule has 2 heteroatoms. The molecule has 1 aromatic rings. The van der Waals surface area contributed by atoms with Crippen molar-refractivity contribution >= 4 is 0 Å². The lowest BCUT2D eigenvalue weighted by Crippen LogP contribution is -2.33. The fraction of sp³-hybridized carbons (Fsp3) is 0.583. The lowest BCUT2D eigenvalue weighted by atomic mass is 10.1. The molecule has 1 saturated carbocycles. The van der Waals surface area contributed by atoms with Crippen LogP contribution in [-0.4, -0.2) is 17.6 Å². The molecule has 1 N–H and O–H groups in total. The van der Waals surface area contributed by atoms with Crippen molar-refractivity contribution in [2.75, 3.05) is 6.54 Å². The second kappa shape index (κ2) is 4.56. The second-order valence-corrected chi connectivity index (χ2v) is 4.03. The minimum absolute atomic E-state index is 0.648. The lowest BCUT2D eigenvalue weighted by Gasteiger charge is -2.16. The smallest absolute Gasteiger partial charge is 0.0419 e. The first-order valence-electron chi connectivity index (χ1n) is 5.53. The van der Waals surface area contributed by atoms with E-state index in [0.29, 0.717) is 6.04 Å². The van der Waals surface area contributed by atoms with Crippen molar-refractivity contribution in [3.8, 4) is 0 Å². The van der Waals surface area contributed by atoms with Crippen LogP contribution in [0.3, 0.4) is 0 Å². The van der Waals surface area contributed by atoms with E-state index in [1.807, 2.05) is 12.3 Å². The molecule has 1 aromatic heterocycles. The third-order valence-corrected chi connectivity index (χ3v) is 2.81. The van der Waals surface area contributed by atoms with Crippen LogP contribution in [0.1, 0.15) is 25.5 Å². The van der Waals surface area contributed by atoms with Gasteiger partial charge in [-0.2, -0.15) is 0 Å². The van der Waals surface area contributed by atoms with E-state index in [2.05, 4.69) is 29.4 Å². The highest BCUT2D eigenvalue weighted by Gasteiger charge is 2.30. The second-order valence-electron chi connectivity index (χ2n) is 4.03. The normalized spacial score (nSPS) is 18.1. The number of rotatable bonds is 5. The minimum atomic E-state index is 0.648. The third kappa shape index (κ3) is 2.55. The van der Waals surface area contributed by atoms with Crippen LogP contribution in [0, 0.1) is 5.92 Å². The molecule has 0 radical (unpaired) electrons. The molecule has 1 unspecified atom stereocenters. The zero-order chi connectivity index (χ0) is 9.80. The first-order valence-corrected chi connectivity index (χ1v) is 5.53. The standard InChI is InChI=1S/C12H18N2/c1-2-13-12(10-6-7-10)9-11-5-3-4-8-14-11/h3-5,8,10,12-13H,2,6-7,9H2,1H3. The number of aromatic nitrogens is 1. The summed E-state index contributed by atoms with van der Waals surface area (Å²) >= 11 is 0. The summed E-state index contributed by atoms with van der Waals surface area (Å²) in [6.45, 7) is 3.24. The van der Waals surface area contributed by atoms with Crippen LogP contribution in [0.4, 0.5) is 0 Å². The van der Waals surface area contributed by atoms with Crippen LogP contribution >= 0.6 is 0 Å². The van der Waals surface area contributed by atoms with Gasteiger partial charge in [-0.1, -0.05) is 13.0 Å². The predicted molar refractivity (Wildman–Crippen MR) is 58.1 cm³/mol. The number of nitrogens with one attached hydrogen (secondary N) is 1. The van der Waals surface area contributed by atoms with Crippen LogP contribution < -0.4 is 5.32 Å². The number of likely N-dealkylation sites (N-methyl/N-ethyl adjacent to an activating group) is 1. The van der Waals surface area contributed by atoms with E-state index in [9.17, 15) is 0 Å². The molecule has 1 atom stereocenters. The summed E-state index contributed by atoms with van der Waals surface area (Å²) in [6.07, 6.45) is 5.75. The molecule has 0 aliphatic heterocycles. The maximum Gasteiger partial charge on any atom is 0.0419 e. The molecule has 2 rings (SSSR count). The summed E-state index contributed by atoms with van der Waals surface area (Å²) in [4.78, 5) is 4.37. The zero-order valence-electron chi connectivity index (χ0n) is 8.74. The van der Waals surface area contributed by atoms with Gasteiger partial charge in [-0.05, 0) is 37.4 Å². The largest absolute Gasteiger partial charge is 0.314 e. The molecule has 0 spiro atoms. The Balaban J connectivity index is 1.93. The van der Waals surface area contributed by atoms with E-state index < -0.39 is 0 Å². The predicted octanol–water partition coefficient (Wildman–Crippen LogP) is 2.01. The molecule has 1 fully saturated rings. The van der Waals surface area contributed by atoms with Crippen molar-refractivity contribution in [2.24, 2.45) is 5.92 Å². The van der Waals surface area contributed by atoms with Crippen molar-refractivity contribution in [1.82, 2.24) is 10.3 Å². The quantitative estimate of drug-likeness (QED) is 0.768. The first-order chi connectivity index (χ1) is 6.90.